The van der Waals surface area contributed by atoms with Gasteiger partial charge in [-0.2, -0.15) is 0 Å². The molecule has 1 aromatic heterocycles. The smallest absolute Gasteiger partial charge is 0.258 e. The summed E-state index contributed by atoms with van der Waals surface area (Å²) in [6, 6.07) is 2.70. The average molecular weight is 306 g/mol. The van der Waals surface area contributed by atoms with Crippen molar-refractivity contribution in [2.45, 2.75) is 0 Å². The van der Waals surface area contributed by atoms with E-state index in [0.717, 1.165) is 0 Å². The molecule has 0 unspecified atom stereocenters. The van der Waals surface area contributed by atoms with Crippen molar-refractivity contribution >= 4 is 28.3 Å². The van der Waals surface area contributed by atoms with E-state index in [1.807, 2.05) is 0 Å². The van der Waals surface area contributed by atoms with E-state index in [1.165, 1.54) is 12.1 Å². The van der Waals surface area contributed by atoms with Gasteiger partial charge in [-0.1, -0.05) is 16.8 Å². The molecule has 8 heteroatoms. The fourth-order valence-corrected chi connectivity index (χ4v) is 1.23. The summed E-state index contributed by atoms with van der Waals surface area (Å²) in [6.45, 7) is 0. The molecule has 0 fully saturated rings. The van der Waals surface area contributed by atoms with Gasteiger partial charge in [0.25, 0.3) is 5.69 Å². The average Bonchev–Trinajstić information content (AvgIpc) is 2.48. The van der Waals surface area contributed by atoms with Crippen molar-refractivity contribution in [2.24, 2.45) is 0 Å². The number of benzene rings is 1. The molecule has 0 aliphatic rings. The van der Waals surface area contributed by atoms with E-state index in [0.29, 0.717) is 11.0 Å². The monoisotopic (exact) mass is 305 g/mol. The maximum Gasteiger partial charge on any atom is 1.00 e. The van der Waals surface area contributed by atoms with Crippen LogP contribution in [-0.4, -0.2) is 20.3 Å². The Labute approximate surface area is 98.3 Å². The minimum Gasteiger partial charge on any atom is -0.258 e. The van der Waals surface area contributed by atoms with E-state index < -0.39 is 4.92 Å². The first-order chi connectivity index (χ1) is 6.18. The summed E-state index contributed by atoms with van der Waals surface area (Å²) in [5.74, 6) is 0. The minimum atomic E-state index is -0.559. The number of nitro benzene ring substituents is 1. The number of nitrogens with one attached hydrogen (secondary N) is 1. The van der Waals surface area contributed by atoms with Gasteiger partial charge in [0.2, 0.25) is 0 Å². The summed E-state index contributed by atoms with van der Waals surface area (Å²) in [6.07, 6.45) is 0. The fraction of sp³-hybridized carbons (Fsp3) is 0. The van der Waals surface area contributed by atoms with Crippen molar-refractivity contribution in [3.05, 3.63) is 27.3 Å². The molecule has 2 aromatic rings. The number of hydrogen-bond donors (Lipinski definition) is 1. The van der Waals surface area contributed by atoms with Gasteiger partial charge in [-0.3, -0.25) is 15.2 Å². The van der Waals surface area contributed by atoms with Crippen molar-refractivity contribution in [3.63, 3.8) is 0 Å². The van der Waals surface area contributed by atoms with E-state index in [9.17, 15) is 10.1 Å². The number of rotatable bonds is 1. The molecule has 0 spiro atoms. The van der Waals surface area contributed by atoms with E-state index in [4.69, 9.17) is 11.6 Å². The van der Waals surface area contributed by atoms with Gasteiger partial charge in [-0.05, 0) is 6.07 Å². The molecule has 0 saturated heterocycles. The zero-order valence-electron chi connectivity index (χ0n) is 6.49. The first-order valence-corrected chi connectivity index (χ1v) is 3.71. The Kier molecular flexibility index (Phi) is 3.22. The second kappa shape index (κ2) is 4.05. The van der Waals surface area contributed by atoms with Crippen LogP contribution in [0.15, 0.2) is 12.1 Å². The Hall–Kier alpha value is -0.950. The molecule has 0 radical (unpaired) electrons. The first-order valence-electron chi connectivity index (χ1n) is 3.33. The molecule has 6 nitrogen and oxygen atoms in total. The summed E-state index contributed by atoms with van der Waals surface area (Å²) in [5, 5.41) is 20.2. The third-order valence-electron chi connectivity index (χ3n) is 1.59. The van der Waals surface area contributed by atoms with Gasteiger partial charge in [0.1, 0.15) is 10.5 Å². The van der Waals surface area contributed by atoms with Crippen LogP contribution in [0.5, 0.6) is 0 Å². The van der Waals surface area contributed by atoms with E-state index in [1.54, 1.807) is 0 Å². The molecule has 0 amide bonds. The van der Waals surface area contributed by atoms with Crippen LogP contribution in [0.1, 0.15) is 0 Å². The summed E-state index contributed by atoms with van der Waals surface area (Å²) >= 11 is 5.64. The maximum atomic E-state index is 10.5. The van der Waals surface area contributed by atoms with Crippen molar-refractivity contribution in [2.75, 3.05) is 0 Å². The van der Waals surface area contributed by atoms with E-state index in [2.05, 4.69) is 15.4 Å². The second-order valence-electron chi connectivity index (χ2n) is 2.39. The number of fused-ring (bicyclic) bond motifs is 1. The van der Waals surface area contributed by atoms with Crippen molar-refractivity contribution < 1.29 is 27.3 Å². The number of halogens is 1. The van der Waals surface area contributed by atoms with Crippen LogP contribution in [0, 0.1) is 10.1 Å². The molecule has 0 aliphatic carbocycles. The van der Waals surface area contributed by atoms with Crippen LogP contribution < -0.4 is 0 Å². The van der Waals surface area contributed by atoms with Gasteiger partial charge >= 0.3 is 22.4 Å². The third kappa shape index (κ3) is 1.78. The van der Waals surface area contributed by atoms with Crippen LogP contribution >= 0.6 is 11.6 Å². The molecular weight excluding hydrogens is 303 g/mol. The largest absolute Gasteiger partial charge is 1.00 e. The number of aromatic nitrogens is 3. The molecule has 1 N–H and O–H groups in total. The van der Waals surface area contributed by atoms with Crippen LogP contribution in [0.3, 0.4) is 0 Å². The predicted octanol–water partition coefficient (Wildman–Crippen LogP) is 1.52. The molecular formula is C6H3AgClN4O2+. The predicted molar refractivity (Wildman–Crippen MR) is 45.6 cm³/mol. The maximum absolute atomic E-state index is 10.5. The molecule has 1 heterocycles. The van der Waals surface area contributed by atoms with Crippen molar-refractivity contribution in [3.8, 4) is 0 Å². The molecule has 2 rings (SSSR count). The fourth-order valence-electron chi connectivity index (χ4n) is 0.996. The number of aromatic amines is 1. The number of nitrogens with zero attached hydrogens (tertiary/aromatic N) is 3. The van der Waals surface area contributed by atoms with Crippen LogP contribution in [0.25, 0.3) is 11.0 Å². The normalized spacial score (nSPS) is 9.79. The van der Waals surface area contributed by atoms with Crippen LogP contribution in [0.4, 0.5) is 5.69 Å². The van der Waals surface area contributed by atoms with Crippen LogP contribution in [0.2, 0.25) is 5.02 Å². The van der Waals surface area contributed by atoms with Gasteiger partial charge in [0.05, 0.1) is 10.4 Å². The topological polar surface area (TPSA) is 84.7 Å². The summed E-state index contributed by atoms with van der Waals surface area (Å²) in [4.78, 5) is 9.89. The Morgan fingerprint density at radius 3 is 2.86 bits per heavy atom. The van der Waals surface area contributed by atoms with Crippen molar-refractivity contribution in [1.29, 1.82) is 0 Å². The quantitative estimate of drug-likeness (QED) is 0.492. The van der Waals surface area contributed by atoms with Gasteiger partial charge < -0.3 is 0 Å². The number of nitro groups is 1. The van der Waals surface area contributed by atoms with Gasteiger partial charge in [0, 0.05) is 6.07 Å². The Bertz CT molecular complexity index is 486. The number of hydrogen-bond acceptors (Lipinski definition) is 4. The van der Waals surface area contributed by atoms with E-state index in [-0.39, 0.29) is 33.1 Å². The Balaban J connectivity index is 0.000000980. The van der Waals surface area contributed by atoms with Crippen molar-refractivity contribution in [1.82, 2.24) is 15.4 Å². The molecule has 1 aromatic carbocycles. The van der Waals surface area contributed by atoms with Crippen LogP contribution in [-0.2, 0) is 22.4 Å². The summed E-state index contributed by atoms with van der Waals surface area (Å²) in [7, 11) is 0. The standard InChI is InChI=1S/C6H3ClN4O2.Ag/c7-3-1-4-5(9-10-8-4)2-6(3)11(12)13;/h1-2H,(H,8,9,10);/q;+1. The molecule has 0 aliphatic heterocycles. The molecule has 0 bridgehead atoms. The zero-order valence-corrected chi connectivity index (χ0v) is 8.73. The van der Waals surface area contributed by atoms with Gasteiger partial charge in [-0.15, -0.1) is 5.10 Å². The molecule has 0 saturated carbocycles. The summed E-state index contributed by atoms with van der Waals surface area (Å²) < 4.78 is 0. The van der Waals surface area contributed by atoms with Gasteiger partial charge in [-0.25, -0.2) is 0 Å². The first kappa shape index (κ1) is 11.1. The molecule has 0 atom stereocenters. The second-order valence-corrected chi connectivity index (χ2v) is 2.80. The van der Waals surface area contributed by atoms with E-state index >= 15 is 0 Å². The third-order valence-corrected chi connectivity index (χ3v) is 1.89. The number of H-pyrrole nitrogens is 1. The SMILES string of the molecule is O=[N+]([O-])c1cc2nn[nH]c2cc1Cl.[Ag+]. The Morgan fingerprint density at radius 2 is 2.21 bits per heavy atom. The van der Waals surface area contributed by atoms with Gasteiger partial charge in [0.15, 0.2) is 0 Å². The minimum absolute atomic E-state index is 0. The zero-order chi connectivity index (χ0) is 9.42. The molecule has 76 valence electrons. The summed E-state index contributed by atoms with van der Waals surface area (Å²) in [5.41, 5.74) is 0.842. The molecule has 14 heavy (non-hydrogen) atoms. The Morgan fingerprint density at radius 1 is 1.50 bits per heavy atom.